The molecule has 1 amide bonds. The van der Waals surface area contributed by atoms with E-state index in [-0.39, 0.29) is 17.0 Å². The van der Waals surface area contributed by atoms with Crippen LogP contribution in [0.5, 0.6) is 0 Å². The van der Waals surface area contributed by atoms with Crippen molar-refractivity contribution in [2.75, 3.05) is 18.5 Å². The Morgan fingerprint density at radius 1 is 1.42 bits per heavy atom. The maximum Gasteiger partial charge on any atom is 0.254 e. The lowest BCUT2D eigenvalue weighted by Gasteiger charge is -2.36. The molecule has 1 N–H and O–H groups in total. The zero-order chi connectivity index (χ0) is 13.9. The first-order valence-electron chi connectivity index (χ1n) is 5.98. The van der Waals surface area contributed by atoms with Crippen LogP contribution >= 0.6 is 31.9 Å². The molecule has 1 aliphatic heterocycles. The molecule has 1 heterocycles. The van der Waals surface area contributed by atoms with Gasteiger partial charge in [-0.15, -0.1) is 0 Å². The van der Waals surface area contributed by atoms with Crippen LogP contribution in [-0.2, 0) is 4.74 Å². The SMILES string of the molecule is O=C(NC1(CBr)CCOCC1)c1cc(Br)ccc1F. The second kappa shape index (κ2) is 6.33. The second-order valence-electron chi connectivity index (χ2n) is 4.60. The molecular weight excluding hydrogens is 381 g/mol. The molecular formula is C13H14Br2FNO2. The van der Waals surface area contributed by atoms with Crippen molar-refractivity contribution < 1.29 is 13.9 Å². The van der Waals surface area contributed by atoms with Gasteiger partial charge in [-0.3, -0.25) is 4.79 Å². The Hall–Kier alpha value is -0.460. The van der Waals surface area contributed by atoms with Crippen LogP contribution < -0.4 is 5.32 Å². The van der Waals surface area contributed by atoms with E-state index in [0.717, 1.165) is 12.8 Å². The van der Waals surface area contributed by atoms with Gasteiger partial charge in [-0.05, 0) is 31.0 Å². The molecule has 1 fully saturated rings. The van der Waals surface area contributed by atoms with E-state index in [2.05, 4.69) is 37.2 Å². The third kappa shape index (κ3) is 3.55. The highest BCUT2D eigenvalue weighted by atomic mass is 79.9. The smallest absolute Gasteiger partial charge is 0.254 e. The van der Waals surface area contributed by atoms with Gasteiger partial charge in [-0.25, -0.2) is 4.39 Å². The number of ether oxygens (including phenoxy) is 1. The molecule has 1 aliphatic rings. The Morgan fingerprint density at radius 3 is 2.74 bits per heavy atom. The molecule has 0 aliphatic carbocycles. The molecule has 6 heteroatoms. The minimum atomic E-state index is -0.516. The van der Waals surface area contributed by atoms with E-state index in [4.69, 9.17) is 4.74 Å². The molecule has 1 aromatic carbocycles. The highest BCUT2D eigenvalue weighted by Gasteiger charge is 2.33. The maximum absolute atomic E-state index is 13.7. The summed E-state index contributed by atoms with van der Waals surface area (Å²) >= 11 is 6.67. The molecule has 0 spiro atoms. The van der Waals surface area contributed by atoms with E-state index in [1.165, 1.54) is 12.1 Å². The molecule has 0 radical (unpaired) electrons. The Balaban J connectivity index is 2.17. The predicted molar refractivity (Wildman–Crippen MR) is 78.1 cm³/mol. The Morgan fingerprint density at radius 2 is 2.11 bits per heavy atom. The normalized spacial score (nSPS) is 18.1. The van der Waals surface area contributed by atoms with Gasteiger partial charge in [0.2, 0.25) is 0 Å². The van der Waals surface area contributed by atoms with Crippen LogP contribution in [0.25, 0.3) is 0 Å². The number of halogens is 3. The zero-order valence-electron chi connectivity index (χ0n) is 10.2. The molecule has 0 aromatic heterocycles. The number of hydrogen-bond acceptors (Lipinski definition) is 2. The number of benzene rings is 1. The van der Waals surface area contributed by atoms with Gasteiger partial charge in [0, 0.05) is 23.0 Å². The monoisotopic (exact) mass is 393 g/mol. The van der Waals surface area contributed by atoms with Crippen LogP contribution in [0.4, 0.5) is 4.39 Å². The van der Waals surface area contributed by atoms with E-state index in [0.29, 0.717) is 23.0 Å². The Bertz CT molecular complexity index is 476. The van der Waals surface area contributed by atoms with Crippen molar-refractivity contribution in [1.82, 2.24) is 5.32 Å². The topological polar surface area (TPSA) is 38.3 Å². The number of carbonyl (C=O) groups excluding carboxylic acids is 1. The number of alkyl halides is 1. The van der Waals surface area contributed by atoms with Gasteiger partial charge in [0.05, 0.1) is 11.1 Å². The first-order valence-corrected chi connectivity index (χ1v) is 7.89. The third-order valence-corrected chi connectivity index (χ3v) is 4.82. The van der Waals surface area contributed by atoms with Crippen molar-refractivity contribution in [3.05, 3.63) is 34.1 Å². The lowest BCUT2D eigenvalue weighted by Crippen LogP contribution is -2.53. The van der Waals surface area contributed by atoms with Crippen LogP contribution in [0.15, 0.2) is 22.7 Å². The Labute approximate surface area is 128 Å². The molecule has 0 atom stereocenters. The van der Waals surface area contributed by atoms with Gasteiger partial charge >= 0.3 is 0 Å². The summed E-state index contributed by atoms with van der Waals surface area (Å²) in [4.78, 5) is 12.2. The molecule has 1 saturated heterocycles. The van der Waals surface area contributed by atoms with E-state index in [9.17, 15) is 9.18 Å². The molecule has 104 valence electrons. The summed E-state index contributed by atoms with van der Waals surface area (Å²) < 4.78 is 19.7. The Kier molecular flexibility index (Phi) is 4.97. The van der Waals surface area contributed by atoms with Crippen LogP contribution in [0.3, 0.4) is 0 Å². The highest BCUT2D eigenvalue weighted by molar-refractivity contribution is 9.10. The lowest BCUT2D eigenvalue weighted by molar-refractivity contribution is 0.0440. The number of carbonyl (C=O) groups is 1. The second-order valence-corrected chi connectivity index (χ2v) is 6.08. The van der Waals surface area contributed by atoms with Crippen LogP contribution in [0, 0.1) is 5.82 Å². The largest absolute Gasteiger partial charge is 0.381 e. The van der Waals surface area contributed by atoms with Gasteiger partial charge in [0.25, 0.3) is 5.91 Å². The number of nitrogens with one attached hydrogen (secondary N) is 1. The number of rotatable bonds is 3. The fraction of sp³-hybridized carbons (Fsp3) is 0.462. The maximum atomic E-state index is 13.7. The molecule has 1 aromatic rings. The summed E-state index contributed by atoms with van der Waals surface area (Å²) in [5.74, 6) is -0.905. The summed E-state index contributed by atoms with van der Waals surface area (Å²) in [7, 11) is 0. The van der Waals surface area contributed by atoms with Gasteiger partial charge in [-0.1, -0.05) is 31.9 Å². The third-order valence-electron chi connectivity index (χ3n) is 3.26. The first-order chi connectivity index (χ1) is 9.06. The highest BCUT2D eigenvalue weighted by Crippen LogP contribution is 2.24. The van der Waals surface area contributed by atoms with Crippen LogP contribution in [0.2, 0.25) is 0 Å². The minimum absolute atomic E-state index is 0.0567. The van der Waals surface area contributed by atoms with Crippen molar-refractivity contribution in [3.8, 4) is 0 Å². The van der Waals surface area contributed by atoms with Gasteiger partial charge in [-0.2, -0.15) is 0 Å². The zero-order valence-corrected chi connectivity index (χ0v) is 13.4. The van der Waals surface area contributed by atoms with Crippen molar-refractivity contribution in [1.29, 1.82) is 0 Å². The van der Waals surface area contributed by atoms with Crippen molar-refractivity contribution >= 4 is 37.8 Å². The minimum Gasteiger partial charge on any atom is -0.381 e. The van der Waals surface area contributed by atoms with Gasteiger partial charge in [0.1, 0.15) is 5.82 Å². The predicted octanol–water partition coefficient (Wildman–Crippen LogP) is 3.26. The summed E-state index contributed by atoms with van der Waals surface area (Å²) in [6, 6.07) is 4.34. The number of hydrogen-bond donors (Lipinski definition) is 1. The number of amides is 1. The molecule has 2 rings (SSSR count). The van der Waals surface area contributed by atoms with E-state index < -0.39 is 5.82 Å². The average molecular weight is 395 g/mol. The van der Waals surface area contributed by atoms with Crippen LogP contribution in [0.1, 0.15) is 23.2 Å². The standard InChI is InChI=1S/C13H14Br2FNO2/c14-8-13(3-5-19-6-4-13)17-12(18)10-7-9(15)1-2-11(10)16/h1-2,7H,3-6,8H2,(H,17,18). The summed E-state index contributed by atoms with van der Waals surface area (Å²) in [6.07, 6.45) is 1.44. The van der Waals surface area contributed by atoms with Crippen molar-refractivity contribution in [2.24, 2.45) is 0 Å². The average Bonchev–Trinajstić information content (AvgIpc) is 2.42. The summed E-state index contributed by atoms with van der Waals surface area (Å²) in [5.41, 5.74) is -0.300. The van der Waals surface area contributed by atoms with Gasteiger partial charge in [0.15, 0.2) is 0 Å². The van der Waals surface area contributed by atoms with Crippen molar-refractivity contribution in [2.45, 2.75) is 18.4 Å². The fourth-order valence-corrected chi connectivity index (χ4v) is 3.10. The summed E-state index contributed by atoms with van der Waals surface area (Å²) in [5, 5.41) is 3.57. The quantitative estimate of drug-likeness (QED) is 0.799. The summed E-state index contributed by atoms with van der Waals surface area (Å²) in [6.45, 7) is 1.21. The van der Waals surface area contributed by atoms with E-state index >= 15 is 0 Å². The van der Waals surface area contributed by atoms with Gasteiger partial charge < -0.3 is 10.1 Å². The molecule has 0 saturated carbocycles. The molecule has 3 nitrogen and oxygen atoms in total. The first kappa shape index (κ1) is 14.9. The molecule has 0 bridgehead atoms. The molecule has 19 heavy (non-hydrogen) atoms. The molecule has 0 unspecified atom stereocenters. The van der Waals surface area contributed by atoms with E-state index in [1.54, 1.807) is 6.07 Å². The van der Waals surface area contributed by atoms with E-state index in [1.807, 2.05) is 0 Å². The lowest BCUT2D eigenvalue weighted by atomic mass is 9.92. The fourth-order valence-electron chi connectivity index (χ4n) is 2.03. The van der Waals surface area contributed by atoms with Crippen LogP contribution in [-0.4, -0.2) is 30.0 Å². The van der Waals surface area contributed by atoms with Crippen molar-refractivity contribution in [3.63, 3.8) is 0 Å².